The minimum Gasteiger partial charge on any atom is -0.332 e. The second kappa shape index (κ2) is 2.92. The molecule has 3 rings (SSSR count). The average Bonchev–Trinajstić information content (AvgIpc) is 2.97. The van der Waals surface area contributed by atoms with Crippen LogP contribution >= 0.6 is 0 Å². The molecule has 0 N–H and O–H groups in total. The lowest BCUT2D eigenvalue weighted by molar-refractivity contribution is 0.111. The molecule has 1 saturated carbocycles. The van der Waals surface area contributed by atoms with E-state index in [1.807, 2.05) is 6.20 Å². The summed E-state index contributed by atoms with van der Waals surface area (Å²) in [7, 11) is 0. The molecule has 0 spiro atoms. The highest BCUT2D eigenvalue weighted by atomic mass is 16.1. The predicted molar refractivity (Wildman–Crippen MR) is 51.0 cm³/mol. The van der Waals surface area contributed by atoms with Gasteiger partial charge in [0.2, 0.25) is 0 Å². The summed E-state index contributed by atoms with van der Waals surface area (Å²) in [5, 5.41) is 0. The van der Waals surface area contributed by atoms with E-state index in [9.17, 15) is 4.79 Å². The van der Waals surface area contributed by atoms with Gasteiger partial charge in [0, 0.05) is 25.3 Å². The lowest BCUT2D eigenvalue weighted by Gasteiger charge is -2.27. The van der Waals surface area contributed by atoms with Gasteiger partial charge >= 0.3 is 0 Å². The molecule has 1 fully saturated rings. The molecule has 0 amide bonds. The summed E-state index contributed by atoms with van der Waals surface area (Å²) >= 11 is 0. The van der Waals surface area contributed by atoms with E-state index in [1.165, 1.54) is 12.8 Å². The number of carbonyl (C=O) groups excluding carboxylic acids is 1. The molecule has 0 bridgehead atoms. The minimum atomic E-state index is 0.567. The van der Waals surface area contributed by atoms with Crippen molar-refractivity contribution in [3.8, 4) is 0 Å². The van der Waals surface area contributed by atoms with Gasteiger partial charge in [-0.05, 0) is 12.8 Å². The summed E-state index contributed by atoms with van der Waals surface area (Å²) in [4.78, 5) is 17.3. The van der Waals surface area contributed by atoms with Crippen LogP contribution in [0.15, 0.2) is 6.20 Å². The summed E-state index contributed by atoms with van der Waals surface area (Å²) in [6.07, 6.45) is 5.35. The van der Waals surface area contributed by atoms with Crippen molar-refractivity contribution >= 4 is 6.29 Å². The second-order valence-corrected chi connectivity index (χ2v) is 4.09. The van der Waals surface area contributed by atoms with E-state index >= 15 is 0 Å². The summed E-state index contributed by atoms with van der Waals surface area (Å²) in [5.41, 5.74) is 0.567. The van der Waals surface area contributed by atoms with Crippen LogP contribution in [0.25, 0.3) is 0 Å². The SMILES string of the molecule is O=Cc1cn2c(n1)CN(C1CC1)CC2. The maximum atomic E-state index is 10.6. The van der Waals surface area contributed by atoms with Crippen LogP contribution in [0, 0.1) is 0 Å². The van der Waals surface area contributed by atoms with Gasteiger partial charge in [0.1, 0.15) is 11.5 Å². The fourth-order valence-electron chi connectivity index (χ4n) is 2.10. The van der Waals surface area contributed by atoms with E-state index in [4.69, 9.17) is 0 Å². The molecule has 14 heavy (non-hydrogen) atoms. The van der Waals surface area contributed by atoms with Crippen molar-refractivity contribution in [3.05, 3.63) is 17.7 Å². The molecular formula is C10H13N3O. The summed E-state index contributed by atoms with van der Waals surface area (Å²) < 4.78 is 2.10. The number of aldehydes is 1. The van der Waals surface area contributed by atoms with Crippen molar-refractivity contribution in [3.63, 3.8) is 0 Å². The van der Waals surface area contributed by atoms with E-state index in [-0.39, 0.29) is 0 Å². The van der Waals surface area contributed by atoms with Crippen molar-refractivity contribution in [2.45, 2.75) is 32.0 Å². The molecule has 1 aliphatic heterocycles. The van der Waals surface area contributed by atoms with Gasteiger partial charge in [0.15, 0.2) is 6.29 Å². The minimum absolute atomic E-state index is 0.567. The zero-order chi connectivity index (χ0) is 9.54. The first-order valence-corrected chi connectivity index (χ1v) is 5.12. The molecule has 2 heterocycles. The van der Waals surface area contributed by atoms with Crippen molar-refractivity contribution in [1.29, 1.82) is 0 Å². The Balaban J connectivity index is 1.85. The topological polar surface area (TPSA) is 38.1 Å². The number of hydrogen-bond donors (Lipinski definition) is 0. The van der Waals surface area contributed by atoms with Crippen LogP contribution in [0.5, 0.6) is 0 Å². The molecular weight excluding hydrogens is 178 g/mol. The predicted octanol–water partition coefficient (Wildman–Crippen LogP) is 0.674. The quantitative estimate of drug-likeness (QED) is 0.645. The molecule has 1 aromatic heterocycles. The monoisotopic (exact) mass is 191 g/mol. The lowest BCUT2D eigenvalue weighted by atomic mass is 10.3. The first kappa shape index (κ1) is 8.17. The fourth-order valence-corrected chi connectivity index (χ4v) is 2.10. The van der Waals surface area contributed by atoms with Gasteiger partial charge in [-0.25, -0.2) is 4.98 Å². The largest absolute Gasteiger partial charge is 0.332 e. The van der Waals surface area contributed by atoms with Crippen molar-refractivity contribution in [1.82, 2.24) is 14.5 Å². The Kier molecular flexibility index (Phi) is 1.70. The van der Waals surface area contributed by atoms with Crippen LogP contribution in [0.4, 0.5) is 0 Å². The van der Waals surface area contributed by atoms with Crippen LogP contribution in [0.3, 0.4) is 0 Å². The summed E-state index contributed by atoms with van der Waals surface area (Å²) in [6.45, 7) is 3.00. The third-order valence-electron chi connectivity index (χ3n) is 3.03. The van der Waals surface area contributed by atoms with Crippen molar-refractivity contribution in [2.75, 3.05) is 6.54 Å². The Morgan fingerprint density at radius 3 is 3.00 bits per heavy atom. The van der Waals surface area contributed by atoms with Gasteiger partial charge < -0.3 is 4.57 Å². The molecule has 1 aliphatic carbocycles. The molecule has 4 heteroatoms. The molecule has 0 saturated heterocycles. The van der Waals surface area contributed by atoms with Crippen LogP contribution in [0.1, 0.15) is 29.2 Å². The van der Waals surface area contributed by atoms with E-state index in [0.29, 0.717) is 5.69 Å². The van der Waals surface area contributed by atoms with Crippen LogP contribution in [-0.4, -0.2) is 33.3 Å². The zero-order valence-electron chi connectivity index (χ0n) is 8.02. The number of rotatable bonds is 2. The van der Waals surface area contributed by atoms with E-state index in [0.717, 1.165) is 37.8 Å². The smallest absolute Gasteiger partial charge is 0.170 e. The number of carbonyl (C=O) groups is 1. The number of nitrogens with zero attached hydrogens (tertiary/aromatic N) is 3. The third kappa shape index (κ3) is 1.26. The number of imidazole rings is 1. The number of hydrogen-bond acceptors (Lipinski definition) is 3. The molecule has 0 aromatic carbocycles. The van der Waals surface area contributed by atoms with Gasteiger partial charge in [-0.1, -0.05) is 0 Å². The second-order valence-electron chi connectivity index (χ2n) is 4.09. The van der Waals surface area contributed by atoms with E-state index < -0.39 is 0 Å². The molecule has 1 aromatic rings. The zero-order valence-corrected chi connectivity index (χ0v) is 8.02. The fraction of sp³-hybridized carbons (Fsp3) is 0.600. The van der Waals surface area contributed by atoms with Crippen LogP contribution < -0.4 is 0 Å². The van der Waals surface area contributed by atoms with Gasteiger partial charge in [-0.15, -0.1) is 0 Å². The molecule has 4 nitrogen and oxygen atoms in total. The molecule has 0 unspecified atom stereocenters. The highest BCUT2D eigenvalue weighted by molar-refractivity contribution is 5.71. The van der Waals surface area contributed by atoms with Crippen LogP contribution in [0.2, 0.25) is 0 Å². The Labute approximate surface area is 82.5 Å². The van der Waals surface area contributed by atoms with Crippen molar-refractivity contribution in [2.24, 2.45) is 0 Å². The first-order valence-electron chi connectivity index (χ1n) is 5.12. The number of fused-ring (bicyclic) bond motifs is 1. The molecule has 2 aliphatic rings. The lowest BCUT2D eigenvalue weighted by Crippen LogP contribution is -2.35. The number of aromatic nitrogens is 2. The maximum absolute atomic E-state index is 10.6. The first-order chi connectivity index (χ1) is 6.86. The van der Waals surface area contributed by atoms with Gasteiger partial charge in [-0.2, -0.15) is 0 Å². The van der Waals surface area contributed by atoms with Crippen molar-refractivity contribution < 1.29 is 4.79 Å². The Morgan fingerprint density at radius 2 is 2.29 bits per heavy atom. The standard InChI is InChI=1S/C10H13N3O/c14-7-8-5-13-4-3-12(9-1-2-9)6-10(13)11-8/h5,7,9H,1-4,6H2. The average molecular weight is 191 g/mol. The third-order valence-corrected chi connectivity index (χ3v) is 3.03. The normalized spacial score (nSPS) is 22.0. The van der Waals surface area contributed by atoms with E-state index in [2.05, 4.69) is 14.5 Å². The van der Waals surface area contributed by atoms with Gasteiger partial charge in [0.05, 0.1) is 6.54 Å². The Hall–Kier alpha value is -1.16. The molecule has 74 valence electrons. The molecule has 0 atom stereocenters. The van der Waals surface area contributed by atoms with E-state index in [1.54, 1.807) is 0 Å². The van der Waals surface area contributed by atoms with Gasteiger partial charge in [-0.3, -0.25) is 9.69 Å². The highest BCUT2D eigenvalue weighted by Gasteiger charge is 2.31. The highest BCUT2D eigenvalue weighted by Crippen LogP contribution is 2.29. The summed E-state index contributed by atoms with van der Waals surface area (Å²) in [6, 6.07) is 0.792. The Morgan fingerprint density at radius 1 is 1.43 bits per heavy atom. The van der Waals surface area contributed by atoms with Gasteiger partial charge in [0.25, 0.3) is 0 Å². The van der Waals surface area contributed by atoms with Crippen LogP contribution in [-0.2, 0) is 13.1 Å². The Bertz CT molecular complexity index is 367. The molecule has 0 radical (unpaired) electrons. The summed E-state index contributed by atoms with van der Waals surface area (Å²) in [5.74, 6) is 1.05. The maximum Gasteiger partial charge on any atom is 0.170 e.